The monoisotopic (exact) mass is 271 g/mol. The summed E-state index contributed by atoms with van der Waals surface area (Å²) in [6.45, 7) is 5.56. The Morgan fingerprint density at radius 1 is 1.44 bits per heavy atom. The van der Waals surface area contributed by atoms with Gasteiger partial charge >= 0.3 is 5.97 Å². The fourth-order valence-corrected chi connectivity index (χ4v) is 2.16. The number of amides is 1. The largest absolute Gasteiger partial charge is 0.480 e. The molecule has 0 fully saturated rings. The number of carboxylic acids is 1. The van der Waals surface area contributed by atoms with Crippen LogP contribution in [0.1, 0.15) is 42.6 Å². The highest BCUT2D eigenvalue weighted by Crippen LogP contribution is 2.13. The summed E-state index contributed by atoms with van der Waals surface area (Å²) in [4.78, 5) is 23.5. The number of hydrogen-bond acceptors (Lipinski definition) is 5. The first kappa shape index (κ1) is 14.6. The first-order valence-electron chi connectivity index (χ1n) is 5.86. The van der Waals surface area contributed by atoms with Crippen molar-refractivity contribution in [1.82, 2.24) is 14.9 Å². The fraction of sp³-hybridized carbons (Fsp3) is 0.636. The molecule has 6 nitrogen and oxygen atoms in total. The Bertz CT molecular complexity index is 433. The van der Waals surface area contributed by atoms with Crippen molar-refractivity contribution in [2.24, 2.45) is 5.92 Å². The van der Waals surface area contributed by atoms with Gasteiger partial charge in [-0.2, -0.15) is 0 Å². The third kappa shape index (κ3) is 3.25. The number of aryl methyl sites for hydroxylation is 1. The molecule has 0 saturated carbocycles. The Morgan fingerprint density at radius 3 is 2.61 bits per heavy atom. The Kier molecular flexibility index (Phi) is 5.21. The van der Waals surface area contributed by atoms with Crippen molar-refractivity contribution in [3.63, 3.8) is 0 Å². The number of hydrogen-bond donors (Lipinski definition) is 2. The minimum absolute atomic E-state index is 0.127. The molecule has 1 heterocycles. The molecule has 0 aliphatic carbocycles. The number of nitrogens with one attached hydrogen (secondary N) is 1. The molecule has 0 aromatic carbocycles. The fourth-order valence-electron chi connectivity index (χ4n) is 1.50. The highest BCUT2D eigenvalue weighted by molar-refractivity contribution is 7.08. The number of rotatable bonds is 6. The van der Waals surface area contributed by atoms with Crippen LogP contribution in [0.5, 0.6) is 0 Å². The molecule has 1 rings (SSSR count). The van der Waals surface area contributed by atoms with Crippen LogP contribution >= 0.6 is 11.5 Å². The highest BCUT2D eigenvalue weighted by Gasteiger charge is 2.27. The van der Waals surface area contributed by atoms with Gasteiger partial charge in [0.25, 0.3) is 5.91 Å². The smallest absolute Gasteiger partial charge is 0.326 e. The summed E-state index contributed by atoms with van der Waals surface area (Å²) in [7, 11) is 0. The second kappa shape index (κ2) is 6.44. The van der Waals surface area contributed by atoms with Crippen LogP contribution in [-0.2, 0) is 11.2 Å². The van der Waals surface area contributed by atoms with Gasteiger partial charge in [0, 0.05) is 0 Å². The van der Waals surface area contributed by atoms with E-state index in [-0.39, 0.29) is 5.92 Å². The van der Waals surface area contributed by atoms with Crippen LogP contribution < -0.4 is 5.32 Å². The SMILES string of the molecule is CCc1nnsc1C(=O)NC(C(=O)O)C(C)CC. The lowest BCUT2D eigenvalue weighted by atomic mass is 9.99. The van der Waals surface area contributed by atoms with E-state index < -0.39 is 17.9 Å². The maximum atomic E-state index is 12.0. The Hall–Kier alpha value is -1.50. The van der Waals surface area contributed by atoms with Gasteiger partial charge in [0.05, 0.1) is 5.69 Å². The zero-order chi connectivity index (χ0) is 13.7. The van der Waals surface area contributed by atoms with Crippen LogP contribution in [0.25, 0.3) is 0 Å². The topological polar surface area (TPSA) is 92.2 Å². The second-order valence-corrected chi connectivity index (χ2v) is 4.83. The van der Waals surface area contributed by atoms with Gasteiger partial charge in [0.15, 0.2) is 0 Å². The van der Waals surface area contributed by atoms with Crippen LogP contribution in [0.3, 0.4) is 0 Å². The molecule has 0 spiro atoms. The lowest BCUT2D eigenvalue weighted by Gasteiger charge is -2.19. The lowest BCUT2D eigenvalue weighted by Crippen LogP contribution is -2.45. The molecular formula is C11H17N3O3S. The Morgan fingerprint density at radius 2 is 2.11 bits per heavy atom. The van der Waals surface area contributed by atoms with Crippen molar-refractivity contribution in [2.45, 2.75) is 39.7 Å². The van der Waals surface area contributed by atoms with E-state index in [4.69, 9.17) is 5.11 Å². The van der Waals surface area contributed by atoms with E-state index in [9.17, 15) is 9.59 Å². The summed E-state index contributed by atoms with van der Waals surface area (Å²) in [6.07, 6.45) is 1.28. The normalized spacial score (nSPS) is 13.9. The average molecular weight is 271 g/mol. The molecule has 2 N–H and O–H groups in total. The molecule has 0 aliphatic heterocycles. The number of carboxylic acid groups (broad SMARTS) is 1. The molecule has 0 aliphatic rings. The molecule has 2 atom stereocenters. The first-order chi connectivity index (χ1) is 8.51. The molecule has 0 saturated heterocycles. The van der Waals surface area contributed by atoms with Gasteiger partial charge in [-0.3, -0.25) is 4.79 Å². The van der Waals surface area contributed by atoms with Crippen LogP contribution in [0.4, 0.5) is 0 Å². The third-order valence-electron chi connectivity index (χ3n) is 2.86. The molecular weight excluding hydrogens is 254 g/mol. The average Bonchev–Trinajstić information content (AvgIpc) is 2.82. The molecule has 0 bridgehead atoms. The molecule has 1 amide bonds. The zero-order valence-electron chi connectivity index (χ0n) is 10.6. The summed E-state index contributed by atoms with van der Waals surface area (Å²) in [5.74, 6) is -1.56. The van der Waals surface area contributed by atoms with Crippen molar-refractivity contribution < 1.29 is 14.7 Å². The molecule has 2 unspecified atom stereocenters. The van der Waals surface area contributed by atoms with Gasteiger partial charge in [-0.05, 0) is 23.9 Å². The number of nitrogens with zero attached hydrogens (tertiary/aromatic N) is 2. The zero-order valence-corrected chi connectivity index (χ0v) is 11.5. The minimum atomic E-state index is -1.02. The third-order valence-corrected chi connectivity index (χ3v) is 3.63. The molecule has 1 aromatic rings. The van der Waals surface area contributed by atoms with Gasteiger partial charge in [-0.1, -0.05) is 31.7 Å². The highest BCUT2D eigenvalue weighted by atomic mass is 32.1. The van der Waals surface area contributed by atoms with Crippen molar-refractivity contribution in [1.29, 1.82) is 0 Å². The quantitative estimate of drug-likeness (QED) is 0.814. The number of aliphatic carboxylic acids is 1. The van der Waals surface area contributed by atoms with Crippen LogP contribution in [0.15, 0.2) is 0 Å². The molecule has 7 heteroatoms. The Balaban J connectivity index is 2.82. The van der Waals surface area contributed by atoms with Gasteiger partial charge in [-0.25, -0.2) is 4.79 Å². The van der Waals surface area contributed by atoms with Crippen LogP contribution in [0, 0.1) is 5.92 Å². The van der Waals surface area contributed by atoms with E-state index in [1.807, 2.05) is 13.8 Å². The van der Waals surface area contributed by atoms with E-state index >= 15 is 0 Å². The second-order valence-electron chi connectivity index (χ2n) is 4.08. The van der Waals surface area contributed by atoms with E-state index in [1.54, 1.807) is 6.92 Å². The minimum Gasteiger partial charge on any atom is -0.480 e. The van der Waals surface area contributed by atoms with Crippen molar-refractivity contribution in [3.05, 3.63) is 10.6 Å². The van der Waals surface area contributed by atoms with Gasteiger partial charge in [0.2, 0.25) is 0 Å². The molecule has 0 radical (unpaired) electrons. The predicted molar refractivity (Wildman–Crippen MR) is 67.6 cm³/mol. The van der Waals surface area contributed by atoms with Gasteiger partial charge < -0.3 is 10.4 Å². The van der Waals surface area contributed by atoms with E-state index in [0.29, 0.717) is 23.4 Å². The lowest BCUT2D eigenvalue weighted by molar-refractivity contribution is -0.140. The maximum absolute atomic E-state index is 12.0. The van der Waals surface area contributed by atoms with Crippen LogP contribution in [-0.4, -0.2) is 32.6 Å². The number of carbonyl (C=O) groups excluding carboxylic acids is 1. The number of carbonyl (C=O) groups is 2. The summed E-state index contributed by atoms with van der Waals surface area (Å²) in [6, 6.07) is -0.880. The van der Waals surface area contributed by atoms with Gasteiger partial charge in [-0.15, -0.1) is 5.10 Å². The predicted octanol–water partition coefficient (Wildman–Crippen LogP) is 1.33. The Labute approximate surface area is 110 Å². The summed E-state index contributed by atoms with van der Waals surface area (Å²) >= 11 is 0.989. The summed E-state index contributed by atoms with van der Waals surface area (Å²) in [5.41, 5.74) is 0.603. The number of aromatic nitrogens is 2. The van der Waals surface area contributed by atoms with Crippen LogP contribution in [0.2, 0.25) is 0 Å². The van der Waals surface area contributed by atoms with Gasteiger partial charge in [0.1, 0.15) is 10.9 Å². The standard InChI is InChI=1S/C11H17N3O3S/c1-4-6(3)8(11(16)17)12-10(15)9-7(5-2)13-14-18-9/h6,8H,4-5H2,1-3H3,(H,12,15)(H,16,17). The molecule has 1 aromatic heterocycles. The first-order valence-corrected chi connectivity index (χ1v) is 6.63. The summed E-state index contributed by atoms with van der Waals surface area (Å²) < 4.78 is 3.71. The molecule has 18 heavy (non-hydrogen) atoms. The van der Waals surface area contributed by atoms with Crippen molar-refractivity contribution in [3.8, 4) is 0 Å². The van der Waals surface area contributed by atoms with Crippen molar-refractivity contribution >= 4 is 23.4 Å². The van der Waals surface area contributed by atoms with E-state index in [1.165, 1.54) is 0 Å². The van der Waals surface area contributed by atoms with E-state index in [0.717, 1.165) is 11.5 Å². The van der Waals surface area contributed by atoms with E-state index in [2.05, 4.69) is 14.9 Å². The molecule has 100 valence electrons. The van der Waals surface area contributed by atoms with Crippen molar-refractivity contribution in [2.75, 3.05) is 0 Å². The maximum Gasteiger partial charge on any atom is 0.326 e. The summed E-state index contributed by atoms with van der Waals surface area (Å²) in [5, 5.41) is 15.5.